The van der Waals surface area contributed by atoms with Crippen molar-refractivity contribution < 1.29 is 9.59 Å². The first-order valence-electron chi connectivity index (χ1n) is 11.3. The smallest absolute Gasteiger partial charge is 0.245 e. The highest BCUT2D eigenvalue weighted by Gasteiger charge is 2.32. The van der Waals surface area contributed by atoms with E-state index < -0.39 is 0 Å². The Hall–Kier alpha value is -2.42. The van der Waals surface area contributed by atoms with E-state index in [1.165, 1.54) is 5.56 Å². The van der Waals surface area contributed by atoms with Crippen molar-refractivity contribution in [1.82, 2.24) is 20.2 Å². The molecule has 0 radical (unpaired) electrons. The fraction of sp³-hybridized carbons (Fsp3) is 0.636. The first kappa shape index (κ1) is 21.8. The Balaban J connectivity index is 1.47. The average Bonchev–Trinajstić information content (AvgIpc) is 3.39. The number of aryl methyl sites for hydroxylation is 1. The normalized spacial score (nSPS) is 19.4. The van der Waals surface area contributed by atoms with Gasteiger partial charge < -0.3 is 20.4 Å². The number of aromatic nitrogens is 2. The summed E-state index contributed by atoms with van der Waals surface area (Å²) >= 11 is 1.65. The third kappa shape index (κ3) is 4.61. The van der Waals surface area contributed by atoms with Crippen LogP contribution in [0, 0.1) is 12.8 Å². The van der Waals surface area contributed by atoms with Crippen LogP contribution in [0.5, 0.6) is 0 Å². The molecule has 0 saturated carbocycles. The summed E-state index contributed by atoms with van der Waals surface area (Å²) in [6.45, 7) is 10.1. The molecule has 2 aromatic rings. The minimum Gasteiger partial charge on any atom is -0.369 e. The summed E-state index contributed by atoms with van der Waals surface area (Å²) in [5.74, 6) is 2.26. The van der Waals surface area contributed by atoms with Crippen LogP contribution in [-0.2, 0) is 9.59 Å². The number of nitrogens with zero attached hydrogens (tertiary/aromatic N) is 4. The van der Waals surface area contributed by atoms with E-state index >= 15 is 0 Å². The van der Waals surface area contributed by atoms with Gasteiger partial charge in [0.05, 0.1) is 5.39 Å². The van der Waals surface area contributed by atoms with Gasteiger partial charge in [-0.25, -0.2) is 4.98 Å². The van der Waals surface area contributed by atoms with Gasteiger partial charge in [0.1, 0.15) is 16.7 Å². The Kier molecular flexibility index (Phi) is 6.60. The number of hydrogen-bond donors (Lipinski definition) is 2. The minimum atomic E-state index is -0.360. The maximum atomic E-state index is 12.7. The number of thiophene rings is 1. The molecule has 2 saturated heterocycles. The molecule has 4 rings (SSSR count). The summed E-state index contributed by atoms with van der Waals surface area (Å²) in [5.41, 5.74) is 1.20. The largest absolute Gasteiger partial charge is 0.369 e. The van der Waals surface area contributed by atoms with Gasteiger partial charge in [0, 0.05) is 39.1 Å². The maximum absolute atomic E-state index is 12.7. The van der Waals surface area contributed by atoms with Crippen LogP contribution >= 0.6 is 11.3 Å². The van der Waals surface area contributed by atoms with Crippen molar-refractivity contribution in [2.24, 2.45) is 5.92 Å². The predicted octanol–water partition coefficient (Wildman–Crippen LogP) is 2.78. The second kappa shape index (κ2) is 9.38. The second-order valence-electron chi connectivity index (χ2n) is 8.51. The predicted molar refractivity (Wildman–Crippen MR) is 125 cm³/mol. The van der Waals surface area contributed by atoms with Gasteiger partial charge in [-0.05, 0) is 30.2 Å². The van der Waals surface area contributed by atoms with Crippen molar-refractivity contribution in [2.45, 2.75) is 52.5 Å². The van der Waals surface area contributed by atoms with E-state index in [-0.39, 0.29) is 17.9 Å². The van der Waals surface area contributed by atoms with Gasteiger partial charge in [-0.3, -0.25) is 9.59 Å². The molecule has 8 nitrogen and oxygen atoms in total. The molecule has 2 fully saturated rings. The van der Waals surface area contributed by atoms with Gasteiger partial charge in [-0.15, -0.1) is 11.3 Å². The van der Waals surface area contributed by atoms with Crippen LogP contribution in [0.4, 0.5) is 11.8 Å². The Bertz CT molecular complexity index is 949. The number of fused-ring (bicyclic) bond motifs is 1. The van der Waals surface area contributed by atoms with Gasteiger partial charge in [0.2, 0.25) is 17.8 Å². The summed E-state index contributed by atoms with van der Waals surface area (Å²) in [4.78, 5) is 38.9. The lowest BCUT2D eigenvalue weighted by Crippen LogP contribution is -2.53. The zero-order chi connectivity index (χ0) is 22.0. The molecule has 2 aliphatic rings. The molecule has 0 aromatic carbocycles. The lowest BCUT2D eigenvalue weighted by Gasteiger charge is -2.36. The van der Waals surface area contributed by atoms with Crippen molar-refractivity contribution in [3.05, 3.63) is 10.9 Å². The third-order valence-electron chi connectivity index (χ3n) is 6.49. The van der Waals surface area contributed by atoms with Crippen LogP contribution in [0.25, 0.3) is 10.2 Å². The van der Waals surface area contributed by atoms with E-state index in [2.05, 4.69) is 41.7 Å². The monoisotopic (exact) mass is 444 g/mol. The van der Waals surface area contributed by atoms with Crippen molar-refractivity contribution in [3.8, 4) is 0 Å². The molecule has 0 unspecified atom stereocenters. The van der Waals surface area contributed by atoms with Crippen LogP contribution < -0.4 is 15.5 Å². The van der Waals surface area contributed by atoms with E-state index in [9.17, 15) is 9.59 Å². The average molecular weight is 445 g/mol. The fourth-order valence-electron chi connectivity index (χ4n) is 4.31. The minimum absolute atomic E-state index is 0.0293. The number of hydrogen-bond acceptors (Lipinski definition) is 7. The molecule has 4 heterocycles. The number of amides is 2. The van der Waals surface area contributed by atoms with Crippen LogP contribution in [0.3, 0.4) is 0 Å². The molecular formula is C22H32N6O2S. The third-order valence-corrected chi connectivity index (χ3v) is 7.48. The SMILES string of the molecule is CCC(CC)CNc1nc(N2CCN(C(=O)[C@H]3CCC(=O)N3)CC2)nc2scc(C)c12. The number of carbonyl (C=O) groups is 2. The van der Waals surface area contributed by atoms with Gasteiger partial charge in [-0.2, -0.15) is 4.98 Å². The molecule has 0 bridgehead atoms. The van der Waals surface area contributed by atoms with Crippen molar-refractivity contribution >= 4 is 45.1 Å². The van der Waals surface area contributed by atoms with Gasteiger partial charge in [0.15, 0.2) is 0 Å². The van der Waals surface area contributed by atoms with Gasteiger partial charge in [0.25, 0.3) is 0 Å². The lowest BCUT2D eigenvalue weighted by molar-refractivity contribution is -0.134. The number of anilines is 2. The van der Waals surface area contributed by atoms with Crippen LogP contribution in [0.1, 0.15) is 45.1 Å². The number of carbonyl (C=O) groups excluding carboxylic acids is 2. The number of nitrogens with one attached hydrogen (secondary N) is 2. The Labute approximate surface area is 187 Å². The van der Waals surface area contributed by atoms with E-state index in [4.69, 9.17) is 9.97 Å². The Morgan fingerprint density at radius 3 is 2.65 bits per heavy atom. The Morgan fingerprint density at radius 1 is 1.26 bits per heavy atom. The van der Waals surface area contributed by atoms with E-state index in [0.717, 1.165) is 41.4 Å². The van der Waals surface area contributed by atoms with E-state index in [1.54, 1.807) is 11.3 Å². The van der Waals surface area contributed by atoms with Crippen molar-refractivity contribution in [1.29, 1.82) is 0 Å². The standard InChI is InChI=1S/C22H32N6O2S/c1-4-15(5-2)12-23-19-18-14(3)13-31-20(18)26-22(25-19)28-10-8-27(9-11-28)21(30)16-6-7-17(29)24-16/h13,15-16H,4-12H2,1-3H3,(H,24,29)(H,23,25,26)/t16-/m1/s1. The van der Waals surface area contributed by atoms with Gasteiger partial charge in [-0.1, -0.05) is 26.7 Å². The first-order valence-corrected chi connectivity index (χ1v) is 12.2. The fourth-order valence-corrected chi connectivity index (χ4v) is 5.22. The zero-order valence-corrected chi connectivity index (χ0v) is 19.4. The molecule has 2 N–H and O–H groups in total. The Morgan fingerprint density at radius 2 is 2.00 bits per heavy atom. The van der Waals surface area contributed by atoms with Crippen LogP contribution in [-0.4, -0.2) is 65.4 Å². The maximum Gasteiger partial charge on any atom is 0.245 e. The quantitative estimate of drug-likeness (QED) is 0.683. The summed E-state index contributed by atoms with van der Waals surface area (Å²) in [7, 11) is 0. The zero-order valence-electron chi connectivity index (χ0n) is 18.6. The van der Waals surface area contributed by atoms with E-state index in [1.807, 2.05) is 4.90 Å². The molecule has 2 aromatic heterocycles. The molecule has 168 valence electrons. The lowest BCUT2D eigenvalue weighted by atomic mass is 10.0. The molecule has 0 spiro atoms. The highest BCUT2D eigenvalue weighted by Crippen LogP contribution is 2.32. The number of rotatable bonds is 7. The molecule has 0 aliphatic carbocycles. The molecular weight excluding hydrogens is 412 g/mol. The van der Waals surface area contributed by atoms with E-state index in [0.29, 0.717) is 44.9 Å². The van der Waals surface area contributed by atoms with Crippen LogP contribution in [0.15, 0.2) is 5.38 Å². The van der Waals surface area contributed by atoms with Crippen molar-refractivity contribution in [2.75, 3.05) is 42.9 Å². The molecule has 2 amide bonds. The molecule has 9 heteroatoms. The highest BCUT2D eigenvalue weighted by atomic mass is 32.1. The van der Waals surface area contributed by atoms with Crippen LogP contribution in [0.2, 0.25) is 0 Å². The molecule has 2 aliphatic heterocycles. The summed E-state index contributed by atoms with van der Waals surface area (Å²) < 4.78 is 0. The summed E-state index contributed by atoms with van der Waals surface area (Å²) in [6.07, 6.45) is 3.33. The summed E-state index contributed by atoms with van der Waals surface area (Å²) in [5, 5.41) is 9.62. The molecule has 31 heavy (non-hydrogen) atoms. The number of piperazine rings is 1. The first-order chi connectivity index (χ1) is 15.0. The van der Waals surface area contributed by atoms with Crippen molar-refractivity contribution in [3.63, 3.8) is 0 Å². The second-order valence-corrected chi connectivity index (χ2v) is 9.36. The van der Waals surface area contributed by atoms with Gasteiger partial charge >= 0.3 is 0 Å². The highest BCUT2D eigenvalue weighted by molar-refractivity contribution is 7.17. The summed E-state index contributed by atoms with van der Waals surface area (Å²) in [6, 6.07) is -0.360. The molecule has 1 atom stereocenters. The topological polar surface area (TPSA) is 90.5 Å².